The number of benzene rings is 1. The summed E-state index contributed by atoms with van der Waals surface area (Å²) in [6.07, 6.45) is 2.60. The van der Waals surface area contributed by atoms with Crippen molar-refractivity contribution < 1.29 is 5.11 Å². The smallest absolute Gasteiger partial charge is 0.106 e. The van der Waals surface area contributed by atoms with Crippen molar-refractivity contribution >= 4 is 0 Å². The van der Waals surface area contributed by atoms with E-state index in [2.05, 4.69) is 4.98 Å². The van der Waals surface area contributed by atoms with E-state index in [9.17, 15) is 5.11 Å². The lowest BCUT2D eigenvalue weighted by atomic mass is 10.0. The highest BCUT2D eigenvalue weighted by molar-refractivity contribution is 5.35. The Balaban J connectivity index is 2.28. The summed E-state index contributed by atoms with van der Waals surface area (Å²) >= 11 is 0. The van der Waals surface area contributed by atoms with Crippen LogP contribution in [0.5, 0.6) is 0 Å². The van der Waals surface area contributed by atoms with Crippen molar-refractivity contribution in [3.8, 4) is 6.07 Å². The zero-order valence-corrected chi connectivity index (χ0v) is 8.54. The Kier molecular flexibility index (Phi) is 2.95. The summed E-state index contributed by atoms with van der Waals surface area (Å²) in [6.45, 7) is 0. The topological polar surface area (TPSA) is 56.9 Å². The van der Waals surface area contributed by atoms with E-state index in [1.807, 2.05) is 12.1 Å². The quantitative estimate of drug-likeness (QED) is 0.825. The number of hydrogen-bond acceptors (Lipinski definition) is 3. The van der Waals surface area contributed by atoms with Crippen LogP contribution in [0, 0.1) is 11.3 Å². The first kappa shape index (κ1) is 10.3. The summed E-state index contributed by atoms with van der Waals surface area (Å²) in [4.78, 5) is 3.95. The van der Waals surface area contributed by atoms with Gasteiger partial charge in [-0.25, -0.2) is 0 Å². The summed E-state index contributed by atoms with van der Waals surface area (Å²) < 4.78 is 0. The molecule has 0 radical (unpaired) electrons. The molecule has 1 aromatic heterocycles. The zero-order valence-electron chi connectivity index (χ0n) is 8.54. The number of nitriles is 1. The third kappa shape index (κ3) is 2.08. The molecule has 1 atom stereocenters. The normalized spacial score (nSPS) is 11.8. The van der Waals surface area contributed by atoms with Crippen molar-refractivity contribution in [3.05, 3.63) is 65.5 Å². The molecule has 0 aliphatic heterocycles. The number of hydrogen-bond donors (Lipinski definition) is 1. The number of aromatic nitrogens is 1. The van der Waals surface area contributed by atoms with Gasteiger partial charge in [0.05, 0.1) is 11.6 Å². The fourth-order valence-corrected chi connectivity index (χ4v) is 1.47. The van der Waals surface area contributed by atoms with Crippen LogP contribution < -0.4 is 0 Å². The SMILES string of the molecule is N#Cc1ccc([C@H](O)c2cccnc2)cc1. The van der Waals surface area contributed by atoms with Gasteiger partial charge in [0, 0.05) is 18.0 Å². The van der Waals surface area contributed by atoms with Crippen LogP contribution in [-0.4, -0.2) is 10.1 Å². The van der Waals surface area contributed by atoms with E-state index in [1.165, 1.54) is 0 Å². The maximum atomic E-state index is 10.0. The Hall–Kier alpha value is -2.18. The molecule has 3 nitrogen and oxygen atoms in total. The average Bonchev–Trinajstić information content (AvgIpc) is 2.39. The van der Waals surface area contributed by atoms with Gasteiger partial charge in [-0.05, 0) is 23.8 Å². The van der Waals surface area contributed by atoms with Crippen molar-refractivity contribution in [1.82, 2.24) is 4.98 Å². The molecule has 3 heteroatoms. The van der Waals surface area contributed by atoms with Crippen molar-refractivity contribution in [2.75, 3.05) is 0 Å². The molecule has 0 fully saturated rings. The summed E-state index contributed by atoms with van der Waals surface area (Å²) in [7, 11) is 0. The van der Waals surface area contributed by atoms with Gasteiger partial charge in [0.15, 0.2) is 0 Å². The molecule has 0 aliphatic rings. The molecule has 1 aromatic carbocycles. The van der Waals surface area contributed by atoms with E-state index < -0.39 is 6.10 Å². The minimum atomic E-state index is -0.693. The van der Waals surface area contributed by atoms with Crippen LogP contribution in [0.15, 0.2) is 48.8 Å². The van der Waals surface area contributed by atoms with Crippen LogP contribution >= 0.6 is 0 Å². The van der Waals surface area contributed by atoms with Gasteiger partial charge in [0.1, 0.15) is 6.10 Å². The molecular formula is C13H10N2O. The Morgan fingerprint density at radius 1 is 1.12 bits per heavy atom. The number of rotatable bonds is 2. The molecule has 0 aliphatic carbocycles. The molecule has 0 saturated carbocycles. The molecule has 0 unspecified atom stereocenters. The maximum Gasteiger partial charge on any atom is 0.106 e. The van der Waals surface area contributed by atoms with Crippen LogP contribution in [0.25, 0.3) is 0 Å². The molecule has 78 valence electrons. The molecule has 0 bridgehead atoms. The first-order valence-corrected chi connectivity index (χ1v) is 4.89. The van der Waals surface area contributed by atoms with Gasteiger partial charge in [0.2, 0.25) is 0 Å². The average molecular weight is 210 g/mol. The Labute approximate surface area is 93.6 Å². The predicted molar refractivity (Wildman–Crippen MR) is 59.5 cm³/mol. The highest BCUT2D eigenvalue weighted by Crippen LogP contribution is 2.20. The van der Waals surface area contributed by atoms with Crippen LogP contribution in [0.2, 0.25) is 0 Å². The minimum absolute atomic E-state index is 0.585. The molecular weight excluding hydrogens is 200 g/mol. The molecule has 1 heterocycles. The van der Waals surface area contributed by atoms with Gasteiger partial charge in [-0.3, -0.25) is 4.98 Å². The second kappa shape index (κ2) is 4.56. The van der Waals surface area contributed by atoms with Gasteiger partial charge in [0.25, 0.3) is 0 Å². The van der Waals surface area contributed by atoms with E-state index >= 15 is 0 Å². The van der Waals surface area contributed by atoms with Crippen LogP contribution in [0.1, 0.15) is 22.8 Å². The standard InChI is InChI=1S/C13H10N2O/c14-8-10-3-5-11(6-4-10)13(16)12-2-1-7-15-9-12/h1-7,9,13,16H/t13-/m0/s1. The van der Waals surface area contributed by atoms with Crippen molar-refractivity contribution in [3.63, 3.8) is 0 Å². The van der Waals surface area contributed by atoms with Gasteiger partial charge in [-0.15, -0.1) is 0 Å². The summed E-state index contributed by atoms with van der Waals surface area (Å²) in [5, 5.41) is 18.7. The van der Waals surface area contributed by atoms with Gasteiger partial charge in [-0.1, -0.05) is 18.2 Å². The number of nitrogens with zero attached hydrogens (tertiary/aromatic N) is 2. The third-order valence-corrected chi connectivity index (χ3v) is 2.36. The van der Waals surface area contributed by atoms with E-state index in [4.69, 9.17) is 5.26 Å². The maximum absolute atomic E-state index is 10.0. The molecule has 0 saturated heterocycles. The van der Waals surface area contributed by atoms with Crippen LogP contribution in [0.3, 0.4) is 0 Å². The fourth-order valence-electron chi connectivity index (χ4n) is 1.47. The second-order valence-electron chi connectivity index (χ2n) is 3.42. The van der Waals surface area contributed by atoms with Gasteiger partial charge >= 0.3 is 0 Å². The van der Waals surface area contributed by atoms with Crippen molar-refractivity contribution in [1.29, 1.82) is 5.26 Å². The highest BCUT2D eigenvalue weighted by atomic mass is 16.3. The first-order chi connectivity index (χ1) is 7.81. The van der Waals surface area contributed by atoms with E-state index in [1.54, 1.807) is 42.7 Å². The summed E-state index contributed by atoms with van der Waals surface area (Å²) in [5.74, 6) is 0. The first-order valence-electron chi connectivity index (χ1n) is 4.89. The van der Waals surface area contributed by atoms with Crippen LogP contribution in [-0.2, 0) is 0 Å². The molecule has 1 N–H and O–H groups in total. The molecule has 0 spiro atoms. The largest absolute Gasteiger partial charge is 0.384 e. The molecule has 2 rings (SSSR count). The van der Waals surface area contributed by atoms with Gasteiger partial charge < -0.3 is 5.11 Å². The zero-order chi connectivity index (χ0) is 11.4. The van der Waals surface area contributed by atoms with Gasteiger partial charge in [-0.2, -0.15) is 5.26 Å². The molecule has 16 heavy (non-hydrogen) atoms. The monoisotopic (exact) mass is 210 g/mol. The van der Waals surface area contributed by atoms with E-state index in [0.29, 0.717) is 5.56 Å². The fraction of sp³-hybridized carbons (Fsp3) is 0.0769. The lowest BCUT2D eigenvalue weighted by Crippen LogP contribution is -1.99. The number of aliphatic hydroxyl groups excluding tert-OH is 1. The Morgan fingerprint density at radius 3 is 2.44 bits per heavy atom. The lowest BCUT2D eigenvalue weighted by molar-refractivity contribution is 0.220. The van der Waals surface area contributed by atoms with E-state index in [-0.39, 0.29) is 0 Å². The molecule has 0 amide bonds. The van der Waals surface area contributed by atoms with Crippen molar-refractivity contribution in [2.24, 2.45) is 0 Å². The Morgan fingerprint density at radius 2 is 1.88 bits per heavy atom. The third-order valence-electron chi connectivity index (χ3n) is 2.36. The van der Waals surface area contributed by atoms with Crippen molar-refractivity contribution in [2.45, 2.75) is 6.10 Å². The summed E-state index contributed by atoms with van der Waals surface area (Å²) in [5.41, 5.74) is 2.08. The number of pyridine rings is 1. The summed E-state index contributed by atoms with van der Waals surface area (Å²) in [6, 6.07) is 12.5. The number of aliphatic hydroxyl groups is 1. The highest BCUT2D eigenvalue weighted by Gasteiger charge is 2.09. The van der Waals surface area contributed by atoms with E-state index in [0.717, 1.165) is 11.1 Å². The minimum Gasteiger partial charge on any atom is -0.384 e. The second-order valence-corrected chi connectivity index (χ2v) is 3.42. The Bertz CT molecular complexity index is 500. The lowest BCUT2D eigenvalue weighted by Gasteiger charge is -2.10. The van der Waals surface area contributed by atoms with Crippen LogP contribution in [0.4, 0.5) is 0 Å². The molecule has 2 aromatic rings. The predicted octanol–water partition coefficient (Wildman–Crippen LogP) is 2.03.